The van der Waals surface area contributed by atoms with Gasteiger partial charge in [-0.3, -0.25) is 4.55 Å². The van der Waals surface area contributed by atoms with Gasteiger partial charge in [-0.05, 0) is 28.1 Å². The van der Waals surface area contributed by atoms with E-state index in [1.807, 2.05) is 0 Å². The summed E-state index contributed by atoms with van der Waals surface area (Å²) < 4.78 is 30.1. The molecule has 0 aliphatic carbocycles. The summed E-state index contributed by atoms with van der Waals surface area (Å²) in [5.41, 5.74) is 0. The van der Waals surface area contributed by atoms with Gasteiger partial charge in [-0.15, -0.1) is 0 Å². The number of hydrogen-bond donors (Lipinski definition) is 1. The van der Waals surface area contributed by atoms with Crippen molar-refractivity contribution in [3.05, 3.63) is 28.7 Å². The van der Waals surface area contributed by atoms with Crippen LogP contribution in [-0.4, -0.2) is 13.0 Å². The van der Waals surface area contributed by atoms with Gasteiger partial charge in [0.15, 0.2) is 0 Å². The maximum Gasteiger partial charge on any atom is 0.295 e. The van der Waals surface area contributed by atoms with Gasteiger partial charge in [0.1, 0.15) is 4.90 Å². The van der Waals surface area contributed by atoms with Crippen molar-refractivity contribution in [2.75, 3.05) is 0 Å². The first-order valence-corrected chi connectivity index (χ1v) is 4.97. The summed E-state index contributed by atoms with van der Waals surface area (Å²) in [6.07, 6.45) is 0. The molecule has 0 aliphatic rings. The van der Waals surface area contributed by atoms with Crippen molar-refractivity contribution in [2.45, 2.75) is 4.90 Å². The van der Waals surface area contributed by atoms with Crippen molar-refractivity contribution in [2.24, 2.45) is 0 Å². The van der Waals surface area contributed by atoms with Crippen molar-refractivity contribution in [3.63, 3.8) is 0 Å². The summed E-state index contributed by atoms with van der Waals surface area (Å²) in [5, 5.41) is 0. The van der Waals surface area contributed by atoms with Crippen LogP contribution in [0.3, 0.4) is 0 Å². The van der Waals surface area contributed by atoms with Crippen LogP contribution in [0.15, 0.2) is 33.6 Å². The zero-order valence-corrected chi connectivity index (χ0v) is 14.0. The van der Waals surface area contributed by atoms with Crippen molar-refractivity contribution in [1.82, 2.24) is 0 Å². The third kappa shape index (κ3) is 3.12. The topological polar surface area (TPSA) is 54.4 Å². The Hall–Kier alpha value is 0.545. The summed E-state index contributed by atoms with van der Waals surface area (Å²) in [6.45, 7) is 0. The molecule has 62 valence electrons. The van der Waals surface area contributed by atoms with E-state index in [0.29, 0.717) is 4.47 Å². The van der Waals surface area contributed by atoms with E-state index in [0.717, 1.165) is 0 Å². The fourth-order valence-electron chi connectivity index (χ4n) is 0.654. The fraction of sp³-hybridized carbons (Fsp3) is 0. The zero-order chi connectivity index (χ0) is 8.48. The van der Waals surface area contributed by atoms with E-state index in [2.05, 4.69) is 15.9 Å². The van der Waals surface area contributed by atoms with E-state index >= 15 is 0 Å². The van der Waals surface area contributed by atoms with E-state index in [1.54, 1.807) is 12.1 Å². The third-order valence-electron chi connectivity index (χ3n) is 1.11. The van der Waals surface area contributed by atoms with Gasteiger partial charge in [-0.1, -0.05) is 12.1 Å². The molecule has 0 aliphatic heterocycles. The molecule has 6 heteroatoms. The molecule has 0 saturated carbocycles. The molecular formula is C6H5BrHgO3S. The average molecular weight is 438 g/mol. The minimum Gasteiger partial charge on any atom is -0.282 e. The van der Waals surface area contributed by atoms with Crippen LogP contribution in [0.2, 0.25) is 0 Å². The standard InChI is InChI=1S/C6H5BrO3S.Hg/c7-5-3-1-2-4-6(5)11(8,9)10;/h1-4H,(H,8,9,10);. The molecule has 0 atom stereocenters. The number of halogens is 1. The molecular weight excluding hydrogens is 433 g/mol. The van der Waals surface area contributed by atoms with E-state index in [4.69, 9.17) is 4.55 Å². The second-order valence-corrected chi connectivity index (χ2v) is 4.15. The summed E-state index contributed by atoms with van der Waals surface area (Å²) in [5.74, 6) is 0. The maximum absolute atomic E-state index is 10.6. The molecule has 1 aromatic rings. The molecule has 0 amide bonds. The fourth-order valence-corrected chi connectivity index (χ4v) is 2.12. The van der Waals surface area contributed by atoms with E-state index in [9.17, 15) is 8.42 Å². The predicted molar refractivity (Wildman–Crippen MR) is 44.0 cm³/mol. The smallest absolute Gasteiger partial charge is 0.282 e. The molecule has 0 aromatic heterocycles. The van der Waals surface area contributed by atoms with Gasteiger partial charge in [-0.25, -0.2) is 0 Å². The molecule has 0 bridgehead atoms. The normalized spacial score (nSPS) is 10.5. The second kappa shape index (κ2) is 4.69. The van der Waals surface area contributed by atoms with Gasteiger partial charge in [-0.2, -0.15) is 8.42 Å². The monoisotopic (exact) mass is 438 g/mol. The Balaban J connectivity index is 0.00000121. The number of rotatable bonds is 1. The van der Waals surface area contributed by atoms with Crippen LogP contribution in [0.5, 0.6) is 0 Å². The van der Waals surface area contributed by atoms with Crippen molar-refractivity contribution in [1.29, 1.82) is 0 Å². The first-order chi connectivity index (χ1) is 5.02. The molecule has 0 unspecified atom stereocenters. The Kier molecular flexibility index (Phi) is 4.90. The summed E-state index contributed by atoms with van der Waals surface area (Å²) in [4.78, 5) is -0.111. The van der Waals surface area contributed by atoms with E-state index < -0.39 is 10.1 Å². The van der Waals surface area contributed by atoms with E-state index in [-0.39, 0.29) is 32.6 Å². The molecule has 0 saturated heterocycles. The molecule has 0 fully saturated rings. The first kappa shape index (κ1) is 12.5. The minimum absolute atomic E-state index is 0. The molecule has 0 spiro atoms. The van der Waals surface area contributed by atoms with Gasteiger partial charge < -0.3 is 0 Å². The number of hydrogen-bond acceptors (Lipinski definition) is 2. The van der Waals surface area contributed by atoms with Gasteiger partial charge in [0.2, 0.25) is 0 Å². The Morgan fingerprint density at radius 3 is 2.08 bits per heavy atom. The molecule has 1 rings (SSSR count). The Morgan fingerprint density at radius 2 is 1.75 bits per heavy atom. The van der Waals surface area contributed by atoms with Gasteiger partial charge in [0.05, 0.1) is 0 Å². The molecule has 0 radical (unpaired) electrons. The molecule has 1 aromatic carbocycles. The summed E-state index contributed by atoms with van der Waals surface area (Å²) in [7, 11) is -4.08. The van der Waals surface area contributed by atoms with Crippen LogP contribution in [-0.2, 0) is 37.8 Å². The summed E-state index contributed by atoms with van der Waals surface area (Å²) in [6, 6.07) is 6.06. The molecule has 0 heterocycles. The minimum atomic E-state index is -4.08. The van der Waals surface area contributed by atoms with Crippen LogP contribution in [0.1, 0.15) is 0 Å². The van der Waals surface area contributed by atoms with Crippen LogP contribution >= 0.6 is 15.9 Å². The Labute approximate surface area is 99.6 Å². The van der Waals surface area contributed by atoms with Crippen molar-refractivity contribution < 1.29 is 40.6 Å². The zero-order valence-electron chi connectivity index (χ0n) is 6.07. The second-order valence-electron chi connectivity index (χ2n) is 1.91. The molecule has 3 nitrogen and oxygen atoms in total. The van der Waals surface area contributed by atoms with E-state index in [1.165, 1.54) is 12.1 Å². The van der Waals surface area contributed by atoms with Gasteiger partial charge >= 0.3 is 0 Å². The van der Waals surface area contributed by atoms with Crippen molar-refractivity contribution in [3.8, 4) is 0 Å². The Morgan fingerprint density at radius 1 is 1.25 bits per heavy atom. The van der Waals surface area contributed by atoms with Gasteiger partial charge in [0.25, 0.3) is 10.1 Å². The Bertz CT molecular complexity index is 363. The van der Waals surface area contributed by atoms with Crippen LogP contribution in [0.25, 0.3) is 0 Å². The van der Waals surface area contributed by atoms with Crippen LogP contribution in [0, 0.1) is 0 Å². The SMILES string of the molecule is O=S(=O)(O)c1ccccc1Br.[Hg]. The molecule has 12 heavy (non-hydrogen) atoms. The third-order valence-corrected chi connectivity index (χ3v) is 2.98. The first-order valence-electron chi connectivity index (χ1n) is 2.74. The maximum atomic E-state index is 10.6. The van der Waals surface area contributed by atoms with Crippen LogP contribution in [0.4, 0.5) is 0 Å². The predicted octanol–water partition coefficient (Wildman–Crippen LogP) is 1.69. The average Bonchev–Trinajstić information content (AvgIpc) is 1.86. The van der Waals surface area contributed by atoms with Crippen LogP contribution < -0.4 is 0 Å². The number of benzene rings is 1. The van der Waals surface area contributed by atoms with Gasteiger partial charge in [0, 0.05) is 32.1 Å². The molecule has 1 N–H and O–H groups in total. The van der Waals surface area contributed by atoms with Crippen molar-refractivity contribution >= 4 is 26.0 Å². The largest absolute Gasteiger partial charge is 0.295 e. The quantitative estimate of drug-likeness (QED) is 0.537. The summed E-state index contributed by atoms with van der Waals surface area (Å²) >= 11 is 2.99.